The number of fused-ring (bicyclic) bond motifs is 3. The molecule has 1 saturated carbocycles. The molecule has 0 saturated heterocycles. The molecule has 1 atom stereocenters. The quantitative estimate of drug-likeness (QED) is 0.353. The smallest absolute Gasteiger partial charge is 0.405 e. The number of anilines is 1. The molecule has 1 unspecified atom stereocenters. The number of hydrogen-bond donors (Lipinski definition) is 2. The predicted molar refractivity (Wildman–Crippen MR) is 149 cm³/mol. The lowest BCUT2D eigenvalue weighted by Crippen LogP contribution is -2.48. The third-order valence-electron chi connectivity index (χ3n) is 7.98. The number of benzene rings is 2. The van der Waals surface area contributed by atoms with Gasteiger partial charge >= 0.3 is 6.09 Å². The maximum absolute atomic E-state index is 13.4. The molecule has 2 N–H and O–H groups in total. The molecule has 2 aromatic carbocycles. The maximum Gasteiger partial charge on any atom is 0.405 e. The minimum atomic E-state index is -1.30. The Morgan fingerprint density at radius 2 is 2.05 bits per heavy atom. The fraction of sp³-hybridized carbons (Fsp3) is 0.414. The zero-order valence-electron chi connectivity index (χ0n) is 22.4. The van der Waals surface area contributed by atoms with Crippen molar-refractivity contribution < 1.29 is 19.1 Å². The zero-order valence-corrected chi connectivity index (χ0v) is 22.4. The highest BCUT2D eigenvalue weighted by molar-refractivity contribution is 6.01. The van der Waals surface area contributed by atoms with Gasteiger partial charge in [0, 0.05) is 51.7 Å². The zero-order chi connectivity index (χ0) is 27.4. The summed E-state index contributed by atoms with van der Waals surface area (Å²) in [6.07, 6.45) is 1.78. The number of amides is 2. The molecule has 9 nitrogen and oxygen atoms in total. The van der Waals surface area contributed by atoms with E-state index in [9.17, 15) is 14.0 Å². The number of aromatic nitrogens is 3. The third-order valence-corrected chi connectivity index (χ3v) is 7.98. The summed E-state index contributed by atoms with van der Waals surface area (Å²) in [6, 6.07) is 11.5. The first kappa shape index (κ1) is 25.2. The Hall–Kier alpha value is -4.08. The van der Waals surface area contributed by atoms with Crippen molar-refractivity contribution in [1.82, 2.24) is 24.3 Å². The van der Waals surface area contributed by atoms with Crippen LogP contribution in [-0.4, -0.2) is 76.0 Å². The molecule has 1 aliphatic heterocycles. The van der Waals surface area contributed by atoms with Crippen LogP contribution in [-0.2, 0) is 20.0 Å². The van der Waals surface area contributed by atoms with Gasteiger partial charge in [-0.1, -0.05) is 12.1 Å². The molecule has 4 aromatic rings. The maximum atomic E-state index is 13.4. The van der Waals surface area contributed by atoms with Crippen LogP contribution in [0.25, 0.3) is 33.5 Å². The molecular weight excluding hydrogens is 499 g/mol. The number of carbonyl (C=O) groups is 2. The monoisotopic (exact) mass is 532 g/mol. The molecule has 0 bridgehead atoms. The molecular formula is C29H33FN6O3. The Balaban J connectivity index is 1.41. The second kappa shape index (κ2) is 9.59. The number of aryl methyl sites for hydroxylation is 1. The SMILES string of the molecule is CN(C)c1cccc2cc(-c3nc4cc5c(cc4n3C)CCN(CC(CF)NC(=O)O)C5=O)n(CC3CC3)c12. The molecule has 1 aliphatic carbocycles. The third kappa shape index (κ3) is 4.47. The van der Waals surface area contributed by atoms with Crippen molar-refractivity contribution in [2.75, 3.05) is 38.8 Å². The lowest BCUT2D eigenvalue weighted by molar-refractivity contribution is 0.0714. The fourth-order valence-corrected chi connectivity index (χ4v) is 5.79. The number of halogens is 1. The van der Waals surface area contributed by atoms with E-state index in [-0.39, 0.29) is 12.5 Å². The summed E-state index contributed by atoms with van der Waals surface area (Å²) in [5.74, 6) is 1.29. The van der Waals surface area contributed by atoms with Gasteiger partial charge in [0.25, 0.3) is 5.91 Å². The highest BCUT2D eigenvalue weighted by Crippen LogP contribution is 2.39. The molecule has 1 fully saturated rings. The number of nitrogens with zero attached hydrogens (tertiary/aromatic N) is 5. The molecule has 10 heteroatoms. The first-order chi connectivity index (χ1) is 18.7. The second-order valence-corrected chi connectivity index (χ2v) is 11.0. The van der Waals surface area contributed by atoms with Crippen LogP contribution in [0.2, 0.25) is 0 Å². The molecule has 39 heavy (non-hydrogen) atoms. The summed E-state index contributed by atoms with van der Waals surface area (Å²) in [4.78, 5) is 33.0. The molecule has 2 aromatic heterocycles. The van der Waals surface area contributed by atoms with E-state index in [1.807, 2.05) is 19.2 Å². The first-order valence-electron chi connectivity index (χ1n) is 13.4. The van der Waals surface area contributed by atoms with Crippen molar-refractivity contribution in [1.29, 1.82) is 0 Å². The van der Waals surface area contributed by atoms with Crippen LogP contribution < -0.4 is 10.2 Å². The van der Waals surface area contributed by atoms with Crippen LogP contribution in [0.1, 0.15) is 28.8 Å². The molecule has 2 amide bonds. The molecule has 3 heterocycles. The lowest BCUT2D eigenvalue weighted by Gasteiger charge is -2.31. The topological polar surface area (TPSA) is 95.6 Å². The normalized spacial score (nSPS) is 16.1. The van der Waals surface area contributed by atoms with Crippen LogP contribution >= 0.6 is 0 Å². The van der Waals surface area contributed by atoms with Gasteiger partial charge in [-0.3, -0.25) is 4.79 Å². The molecule has 6 rings (SSSR count). The summed E-state index contributed by atoms with van der Waals surface area (Å²) >= 11 is 0. The summed E-state index contributed by atoms with van der Waals surface area (Å²) in [5.41, 5.74) is 6.58. The van der Waals surface area contributed by atoms with Crippen molar-refractivity contribution in [3.63, 3.8) is 0 Å². The van der Waals surface area contributed by atoms with Gasteiger partial charge in [0.2, 0.25) is 0 Å². The first-order valence-corrected chi connectivity index (χ1v) is 13.4. The van der Waals surface area contributed by atoms with Gasteiger partial charge in [-0.2, -0.15) is 0 Å². The number of carboxylic acid groups (broad SMARTS) is 1. The summed E-state index contributed by atoms with van der Waals surface area (Å²) in [7, 11) is 6.15. The summed E-state index contributed by atoms with van der Waals surface area (Å²) < 4.78 is 17.9. The Kier molecular flexibility index (Phi) is 6.20. The highest BCUT2D eigenvalue weighted by Gasteiger charge is 2.30. The lowest BCUT2D eigenvalue weighted by atomic mass is 9.97. The van der Waals surface area contributed by atoms with Gasteiger partial charge in [-0.15, -0.1) is 0 Å². The van der Waals surface area contributed by atoms with E-state index < -0.39 is 18.8 Å². The molecule has 0 spiro atoms. The van der Waals surface area contributed by atoms with E-state index in [1.165, 1.54) is 34.3 Å². The average molecular weight is 533 g/mol. The van der Waals surface area contributed by atoms with Crippen LogP contribution in [0.15, 0.2) is 36.4 Å². The van der Waals surface area contributed by atoms with E-state index in [4.69, 9.17) is 10.1 Å². The molecule has 0 radical (unpaired) electrons. The van der Waals surface area contributed by atoms with Crippen molar-refractivity contribution in [2.24, 2.45) is 13.0 Å². The minimum absolute atomic E-state index is 0.0118. The van der Waals surface area contributed by atoms with Crippen LogP contribution in [0, 0.1) is 5.92 Å². The number of carbonyl (C=O) groups excluding carboxylic acids is 1. The van der Waals surface area contributed by atoms with Crippen molar-refractivity contribution in [3.05, 3.63) is 47.5 Å². The van der Waals surface area contributed by atoms with Gasteiger partial charge in [0.1, 0.15) is 6.67 Å². The summed E-state index contributed by atoms with van der Waals surface area (Å²) in [5, 5.41) is 12.3. The van der Waals surface area contributed by atoms with E-state index in [2.05, 4.69) is 57.7 Å². The number of alkyl halides is 1. The van der Waals surface area contributed by atoms with Gasteiger partial charge in [0.15, 0.2) is 5.82 Å². The average Bonchev–Trinajstić information content (AvgIpc) is 3.58. The fourth-order valence-electron chi connectivity index (χ4n) is 5.79. The summed E-state index contributed by atoms with van der Waals surface area (Å²) in [6.45, 7) is 0.456. The van der Waals surface area contributed by atoms with Gasteiger partial charge in [0.05, 0.1) is 34.0 Å². The largest absolute Gasteiger partial charge is 0.465 e. The van der Waals surface area contributed by atoms with E-state index >= 15 is 0 Å². The van der Waals surface area contributed by atoms with Gasteiger partial charge in [-0.05, 0) is 55.0 Å². The number of imidazole rings is 1. The van der Waals surface area contributed by atoms with Crippen molar-refractivity contribution in [2.45, 2.75) is 31.8 Å². The number of rotatable bonds is 8. The van der Waals surface area contributed by atoms with Crippen LogP contribution in [0.3, 0.4) is 0 Å². The van der Waals surface area contributed by atoms with Crippen molar-refractivity contribution >= 4 is 39.6 Å². The van der Waals surface area contributed by atoms with Crippen LogP contribution in [0.4, 0.5) is 14.9 Å². The second-order valence-electron chi connectivity index (χ2n) is 11.0. The Morgan fingerprint density at radius 1 is 1.26 bits per heavy atom. The Morgan fingerprint density at radius 3 is 2.74 bits per heavy atom. The van der Waals surface area contributed by atoms with E-state index in [0.29, 0.717) is 24.4 Å². The number of para-hydroxylation sites is 1. The van der Waals surface area contributed by atoms with Gasteiger partial charge < -0.3 is 29.4 Å². The van der Waals surface area contributed by atoms with Gasteiger partial charge in [-0.25, -0.2) is 14.2 Å². The predicted octanol–water partition coefficient (Wildman–Crippen LogP) is 4.28. The minimum Gasteiger partial charge on any atom is -0.465 e. The van der Waals surface area contributed by atoms with Crippen molar-refractivity contribution in [3.8, 4) is 11.5 Å². The molecule has 204 valence electrons. The van der Waals surface area contributed by atoms with E-state index in [0.717, 1.165) is 34.7 Å². The van der Waals surface area contributed by atoms with Crippen LogP contribution in [0.5, 0.6) is 0 Å². The number of nitrogens with one attached hydrogen (secondary N) is 1. The van der Waals surface area contributed by atoms with E-state index in [1.54, 1.807) is 0 Å². The highest BCUT2D eigenvalue weighted by atomic mass is 19.1. The number of hydrogen-bond acceptors (Lipinski definition) is 4. The Bertz CT molecular complexity index is 1600. The molecule has 2 aliphatic rings. The Labute approximate surface area is 225 Å². The standard InChI is InChI=1S/C29H33FN6O3/c1-33(2)23-6-4-5-19-12-25(36(26(19)23)15-17-7-8-17)27-32-22-13-21-18(11-24(22)34(27)3)9-10-35(28(21)37)16-20(14-30)31-29(38)39/h4-6,11-13,17,20,31H,7-10,14-16H2,1-3H3,(H,38,39).